The zero-order valence-electron chi connectivity index (χ0n) is 12.3. The summed E-state index contributed by atoms with van der Waals surface area (Å²) in [6.07, 6.45) is 0.756. The van der Waals surface area contributed by atoms with Crippen LogP contribution in [0.15, 0.2) is 30.3 Å². The van der Waals surface area contributed by atoms with Crippen LogP contribution in [0.2, 0.25) is 0 Å². The van der Waals surface area contributed by atoms with Crippen molar-refractivity contribution >= 4 is 23.7 Å². The number of rotatable bonds is 5. The maximum Gasteiger partial charge on any atom is 0.334 e. The second-order valence-electron chi connectivity index (χ2n) is 4.78. The number of benzene rings is 1. The average molecular weight is 308 g/mol. The van der Waals surface area contributed by atoms with E-state index in [-0.39, 0.29) is 19.1 Å². The molecule has 0 N–H and O–H groups in total. The number of hydrogen-bond acceptors (Lipinski definition) is 5. The quantitative estimate of drug-likeness (QED) is 0.618. The molecule has 0 radical (unpaired) electrons. The first-order chi connectivity index (χ1) is 10.2. The monoisotopic (exact) mass is 308 g/mol. The maximum absolute atomic E-state index is 12.5. The molecule has 21 heavy (non-hydrogen) atoms. The Labute approximate surface area is 129 Å². The van der Waals surface area contributed by atoms with Gasteiger partial charge in [0.15, 0.2) is 0 Å². The lowest BCUT2D eigenvalue weighted by atomic mass is 9.83. The number of esters is 2. The van der Waals surface area contributed by atoms with Crippen LogP contribution in [0.25, 0.3) is 0 Å². The number of hydrogen-bond donors (Lipinski definition) is 0. The number of carbonyl (C=O) groups excluding carboxylic acids is 2. The first kappa shape index (κ1) is 15.9. The first-order valence-corrected chi connectivity index (χ1v) is 8.18. The Hall–Kier alpha value is -1.49. The van der Waals surface area contributed by atoms with Gasteiger partial charge in [0, 0.05) is 5.92 Å². The van der Waals surface area contributed by atoms with E-state index < -0.39 is 16.7 Å². The average Bonchev–Trinajstić information content (AvgIpc) is 2.94. The summed E-state index contributed by atoms with van der Waals surface area (Å²) in [6.45, 7) is 3.99. The van der Waals surface area contributed by atoms with Crippen LogP contribution in [0.4, 0.5) is 0 Å². The third kappa shape index (κ3) is 2.93. The summed E-state index contributed by atoms with van der Waals surface area (Å²) in [4.78, 5) is 25.0. The van der Waals surface area contributed by atoms with Crippen LogP contribution >= 0.6 is 11.8 Å². The van der Waals surface area contributed by atoms with Gasteiger partial charge in [-0.05, 0) is 31.6 Å². The van der Waals surface area contributed by atoms with Gasteiger partial charge in [-0.3, -0.25) is 0 Å². The molecule has 2 rings (SSSR count). The van der Waals surface area contributed by atoms with E-state index in [0.29, 0.717) is 0 Å². The maximum atomic E-state index is 12.5. The van der Waals surface area contributed by atoms with E-state index >= 15 is 0 Å². The fraction of sp³-hybridized carbons (Fsp3) is 0.500. The first-order valence-electron chi connectivity index (χ1n) is 7.20. The second-order valence-corrected chi connectivity index (χ2v) is 6.12. The van der Waals surface area contributed by atoms with Crippen LogP contribution in [-0.4, -0.2) is 35.7 Å². The van der Waals surface area contributed by atoms with Gasteiger partial charge in [0.05, 0.1) is 13.2 Å². The zero-order valence-corrected chi connectivity index (χ0v) is 13.2. The van der Waals surface area contributed by atoms with Gasteiger partial charge in [-0.15, -0.1) is 11.8 Å². The summed E-state index contributed by atoms with van der Waals surface area (Å²) in [5, 5.41) is 0. The molecule has 1 aliphatic heterocycles. The molecule has 0 bridgehead atoms. The molecular formula is C16H20O4S. The summed E-state index contributed by atoms with van der Waals surface area (Å²) in [5.74, 6) is -0.446. The van der Waals surface area contributed by atoms with Crippen molar-refractivity contribution in [3.8, 4) is 0 Å². The molecule has 1 saturated heterocycles. The van der Waals surface area contributed by atoms with Gasteiger partial charge in [-0.1, -0.05) is 30.3 Å². The lowest BCUT2D eigenvalue weighted by Crippen LogP contribution is -2.48. The molecule has 0 spiro atoms. The van der Waals surface area contributed by atoms with E-state index in [1.807, 2.05) is 30.3 Å². The van der Waals surface area contributed by atoms with E-state index in [1.165, 1.54) is 11.8 Å². The molecule has 114 valence electrons. The lowest BCUT2D eigenvalue weighted by Gasteiger charge is -2.30. The van der Waals surface area contributed by atoms with E-state index in [2.05, 4.69) is 0 Å². The minimum absolute atomic E-state index is 0.207. The standard InChI is InChI=1S/C16H20O4S/c1-3-19-14(17)16(15(18)20-4-2)13(10-11-21-16)12-8-6-5-7-9-12/h5-9,13H,3-4,10-11H2,1-2H3. The highest BCUT2D eigenvalue weighted by molar-refractivity contribution is 8.02. The minimum atomic E-state index is -1.27. The van der Waals surface area contributed by atoms with Crippen molar-refractivity contribution in [3.05, 3.63) is 35.9 Å². The summed E-state index contributed by atoms with van der Waals surface area (Å²) >= 11 is 1.34. The van der Waals surface area contributed by atoms with Gasteiger partial charge >= 0.3 is 11.9 Å². The molecule has 1 unspecified atom stereocenters. The Kier molecular flexibility index (Phi) is 5.28. The molecule has 5 heteroatoms. The van der Waals surface area contributed by atoms with Crippen molar-refractivity contribution in [2.24, 2.45) is 0 Å². The van der Waals surface area contributed by atoms with Gasteiger partial charge in [0.1, 0.15) is 0 Å². The third-order valence-electron chi connectivity index (χ3n) is 3.59. The highest BCUT2D eigenvalue weighted by atomic mass is 32.2. The van der Waals surface area contributed by atoms with Crippen LogP contribution in [0.5, 0.6) is 0 Å². The number of carbonyl (C=O) groups is 2. The van der Waals surface area contributed by atoms with Crippen molar-refractivity contribution in [3.63, 3.8) is 0 Å². The molecule has 0 amide bonds. The highest BCUT2D eigenvalue weighted by Gasteiger charge is 2.58. The molecule has 0 aliphatic carbocycles. The Morgan fingerprint density at radius 3 is 2.24 bits per heavy atom. The zero-order chi connectivity index (χ0) is 15.3. The van der Waals surface area contributed by atoms with Crippen molar-refractivity contribution in [1.82, 2.24) is 0 Å². The Morgan fingerprint density at radius 2 is 1.71 bits per heavy atom. The molecule has 1 aromatic rings. The fourth-order valence-corrected chi connectivity index (χ4v) is 4.17. The van der Waals surface area contributed by atoms with Gasteiger partial charge < -0.3 is 9.47 Å². The van der Waals surface area contributed by atoms with E-state index in [1.54, 1.807) is 13.8 Å². The smallest absolute Gasteiger partial charge is 0.334 e. The third-order valence-corrected chi connectivity index (χ3v) is 5.10. The summed E-state index contributed by atoms with van der Waals surface area (Å²) < 4.78 is 9.11. The van der Waals surface area contributed by atoms with Gasteiger partial charge in [-0.25, -0.2) is 9.59 Å². The van der Waals surface area contributed by atoms with Crippen molar-refractivity contribution in [1.29, 1.82) is 0 Å². The summed E-state index contributed by atoms with van der Waals surface area (Å²) in [7, 11) is 0. The van der Waals surface area contributed by atoms with E-state index in [0.717, 1.165) is 17.7 Å². The van der Waals surface area contributed by atoms with Crippen molar-refractivity contribution in [2.75, 3.05) is 19.0 Å². The minimum Gasteiger partial charge on any atom is -0.464 e. The lowest BCUT2D eigenvalue weighted by molar-refractivity contribution is -0.159. The fourth-order valence-electron chi connectivity index (χ4n) is 2.69. The largest absolute Gasteiger partial charge is 0.464 e. The molecule has 1 atom stereocenters. The van der Waals surface area contributed by atoms with Crippen LogP contribution in [0.1, 0.15) is 31.7 Å². The van der Waals surface area contributed by atoms with Gasteiger partial charge in [0.25, 0.3) is 0 Å². The number of ether oxygens (including phenoxy) is 2. The predicted octanol–water partition coefficient (Wildman–Crippen LogP) is 2.77. The second kappa shape index (κ2) is 6.98. The molecule has 1 heterocycles. The number of thioether (sulfide) groups is 1. The van der Waals surface area contributed by atoms with Gasteiger partial charge in [-0.2, -0.15) is 0 Å². The van der Waals surface area contributed by atoms with Crippen molar-refractivity contribution in [2.45, 2.75) is 30.9 Å². The molecule has 4 nitrogen and oxygen atoms in total. The molecule has 1 aromatic carbocycles. The summed E-state index contributed by atoms with van der Waals surface area (Å²) in [6, 6.07) is 9.65. The van der Waals surface area contributed by atoms with Crippen LogP contribution < -0.4 is 0 Å². The van der Waals surface area contributed by atoms with Crippen LogP contribution in [0, 0.1) is 0 Å². The molecule has 1 fully saturated rings. The SMILES string of the molecule is CCOC(=O)C1(C(=O)OCC)SCCC1c1ccccc1. The summed E-state index contributed by atoms with van der Waals surface area (Å²) in [5.41, 5.74) is 0.976. The molecular weight excluding hydrogens is 288 g/mol. The Morgan fingerprint density at radius 1 is 1.14 bits per heavy atom. The van der Waals surface area contributed by atoms with E-state index in [4.69, 9.17) is 9.47 Å². The molecule has 0 aromatic heterocycles. The molecule has 0 saturated carbocycles. The predicted molar refractivity (Wildman–Crippen MR) is 82.3 cm³/mol. The Balaban J connectivity index is 2.42. The van der Waals surface area contributed by atoms with Crippen LogP contribution in [0.3, 0.4) is 0 Å². The normalized spacial score (nSPS) is 20.0. The highest BCUT2D eigenvalue weighted by Crippen LogP contribution is 2.50. The van der Waals surface area contributed by atoms with Gasteiger partial charge in [0.2, 0.25) is 4.75 Å². The van der Waals surface area contributed by atoms with Crippen molar-refractivity contribution < 1.29 is 19.1 Å². The van der Waals surface area contributed by atoms with Crippen LogP contribution in [-0.2, 0) is 19.1 Å². The van der Waals surface area contributed by atoms with E-state index in [9.17, 15) is 9.59 Å². The Bertz CT molecular complexity index is 482. The topological polar surface area (TPSA) is 52.6 Å². The molecule has 1 aliphatic rings.